The van der Waals surface area contributed by atoms with E-state index in [4.69, 9.17) is 0 Å². The largest absolute Gasteiger partial charge is 0.396 e. The van der Waals surface area contributed by atoms with E-state index in [1.807, 2.05) is 17.0 Å². The molecule has 0 aromatic carbocycles. The van der Waals surface area contributed by atoms with Crippen molar-refractivity contribution in [3.05, 3.63) is 23.9 Å². The fourth-order valence-corrected chi connectivity index (χ4v) is 5.18. The third-order valence-corrected chi connectivity index (χ3v) is 6.85. The Kier molecular flexibility index (Phi) is 7.90. The van der Waals surface area contributed by atoms with Crippen molar-refractivity contribution in [3.63, 3.8) is 0 Å². The predicted octanol–water partition coefficient (Wildman–Crippen LogP) is 3.02. The van der Waals surface area contributed by atoms with Gasteiger partial charge in [-0.15, -0.1) is 0 Å². The predicted molar refractivity (Wildman–Crippen MR) is 117 cm³/mol. The third kappa shape index (κ3) is 5.28. The second-order valence-corrected chi connectivity index (χ2v) is 8.97. The maximum atomic E-state index is 13.5. The van der Waals surface area contributed by atoms with Crippen LogP contribution in [0.25, 0.3) is 0 Å². The summed E-state index contributed by atoms with van der Waals surface area (Å²) in [4.78, 5) is 24.6. The van der Waals surface area contributed by atoms with Crippen LogP contribution in [0.2, 0.25) is 0 Å². The van der Waals surface area contributed by atoms with Crippen LogP contribution in [-0.4, -0.2) is 78.7 Å². The molecule has 162 valence electrons. The van der Waals surface area contributed by atoms with Gasteiger partial charge in [-0.25, -0.2) is 4.98 Å². The van der Waals surface area contributed by atoms with Crippen LogP contribution >= 0.6 is 0 Å². The van der Waals surface area contributed by atoms with Crippen molar-refractivity contribution in [1.29, 1.82) is 0 Å². The summed E-state index contributed by atoms with van der Waals surface area (Å²) in [5, 5.41) is 9.29. The molecule has 1 aromatic heterocycles. The number of piperidine rings is 1. The number of rotatable bonds is 7. The van der Waals surface area contributed by atoms with E-state index in [0.717, 1.165) is 43.7 Å². The topological polar surface area (TPSA) is 59.9 Å². The number of aliphatic hydroxyl groups is 1. The van der Waals surface area contributed by atoms with Gasteiger partial charge in [-0.1, -0.05) is 19.3 Å². The van der Waals surface area contributed by atoms with Gasteiger partial charge in [0.15, 0.2) is 0 Å². The van der Waals surface area contributed by atoms with Gasteiger partial charge in [-0.3, -0.25) is 4.79 Å². The molecule has 0 unspecified atom stereocenters. The molecular weight excluding hydrogens is 364 g/mol. The molecule has 29 heavy (non-hydrogen) atoms. The first-order chi connectivity index (χ1) is 14.0. The third-order valence-electron chi connectivity index (χ3n) is 6.85. The maximum absolute atomic E-state index is 13.5. The van der Waals surface area contributed by atoms with Crippen molar-refractivity contribution < 1.29 is 9.90 Å². The van der Waals surface area contributed by atoms with Crippen LogP contribution in [0.1, 0.15) is 61.7 Å². The SMILES string of the molecule is CN(c1ncccc1C(=O)N1CC[C@@H](N(C)C)[C@@H](CCCO)C1)C1CCCCC1. The lowest BCUT2D eigenvalue weighted by Gasteiger charge is -2.42. The van der Waals surface area contributed by atoms with E-state index in [1.54, 1.807) is 6.20 Å². The van der Waals surface area contributed by atoms with Gasteiger partial charge in [0.05, 0.1) is 5.56 Å². The Balaban J connectivity index is 1.76. The maximum Gasteiger partial charge on any atom is 0.257 e. The Labute approximate surface area is 175 Å². The number of carbonyl (C=O) groups is 1. The van der Waals surface area contributed by atoms with E-state index >= 15 is 0 Å². The van der Waals surface area contributed by atoms with Crippen LogP contribution in [0.5, 0.6) is 0 Å². The van der Waals surface area contributed by atoms with Crippen LogP contribution < -0.4 is 4.90 Å². The fourth-order valence-electron chi connectivity index (χ4n) is 5.18. The zero-order chi connectivity index (χ0) is 20.8. The smallest absolute Gasteiger partial charge is 0.257 e. The number of pyridine rings is 1. The molecule has 1 aliphatic carbocycles. The molecule has 6 heteroatoms. The highest BCUT2D eigenvalue weighted by molar-refractivity contribution is 5.99. The number of nitrogens with zero attached hydrogens (tertiary/aromatic N) is 4. The van der Waals surface area contributed by atoms with E-state index in [2.05, 4.69) is 35.9 Å². The van der Waals surface area contributed by atoms with Gasteiger partial charge in [-0.05, 0) is 64.3 Å². The Morgan fingerprint density at radius 1 is 1.21 bits per heavy atom. The van der Waals surface area contributed by atoms with Gasteiger partial charge >= 0.3 is 0 Å². The van der Waals surface area contributed by atoms with Crippen LogP contribution in [0.3, 0.4) is 0 Å². The minimum atomic E-state index is 0.0990. The number of hydrogen-bond donors (Lipinski definition) is 1. The summed E-state index contributed by atoms with van der Waals surface area (Å²) >= 11 is 0. The number of hydrogen-bond acceptors (Lipinski definition) is 5. The summed E-state index contributed by atoms with van der Waals surface area (Å²) in [7, 11) is 6.33. The molecule has 2 heterocycles. The van der Waals surface area contributed by atoms with Crippen molar-refractivity contribution in [2.45, 2.75) is 63.5 Å². The molecule has 3 rings (SSSR count). The summed E-state index contributed by atoms with van der Waals surface area (Å²) in [6, 6.07) is 4.75. The molecule has 1 aromatic rings. The number of likely N-dealkylation sites (tertiary alicyclic amines) is 1. The zero-order valence-electron chi connectivity index (χ0n) is 18.4. The Morgan fingerprint density at radius 3 is 2.66 bits per heavy atom. The van der Waals surface area contributed by atoms with E-state index in [-0.39, 0.29) is 12.5 Å². The molecule has 1 saturated heterocycles. The van der Waals surface area contributed by atoms with Crippen molar-refractivity contribution in [2.75, 3.05) is 45.7 Å². The monoisotopic (exact) mass is 402 g/mol. The lowest BCUT2D eigenvalue weighted by atomic mass is 9.87. The van der Waals surface area contributed by atoms with Gasteiger partial charge in [0, 0.05) is 45.0 Å². The molecule has 1 aliphatic heterocycles. The Morgan fingerprint density at radius 2 is 1.97 bits per heavy atom. The molecule has 1 N–H and O–H groups in total. The Hall–Kier alpha value is -1.66. The van der Waals surface area contributed by atoms with Crippen LogP contribution in [-0.2, 0) is 0 Å². The molecule has 1 amide bonds. The van der Waals surface area contributed by atoms with Crippen molar-refractivity contribution in [2.24, 2.45) is 5.92 Å². The standard InChI is InChI=1S/C23H38N4O2/c1-25(2)21-13-15-27(17-18(21)9-8-16-28)23(29)20-12-7-14-24-22(20)26(3)19-10-5-4-6-11-19/h7,12,14,18-19,21,28H,4-6,8-11,13,15-17H2,1-3H3/t18-,21+/m0/s1. The fraction of sp³-hybridized carbons (Fsp3) is 0.739. The van der Waals surface area contributed by atoms with Crippen molar-refractivity contribution >= 4 is 11.7 Å². The van der Waals surface area contributed by atoms with E-state index in [1.165, 1.54) is 32.1 Å². The van der Waals surface area contributed by atoms with Crippen LogP contribution in [0, 0.1) is 5.92 Å². The summed E-state index contributed by atoms with van der Waals surface area (Å²) in [5.74, 6) is 1.32. The normalized spacial score (nSPS) is 23.4. The molecule has 6 nitrogen and oxygen atoms in total. The summed E-state index contributed by atoms with van der Waals surface area (Å²) in [6.45, 7) is 1.74. The molecule has 1 saturated carbocycles. The van der Waals surface area contributed by atoms with Gasteiger partial charge in [0.25, 0.3) is 5.91 Å². The quantitative estimate of drug-likeness (QED) is 0.760. The van der Waals surface area contributed by atoms with E-state index < -0.39 is 0 Å². The lowest BCUT2D eigenvalue weighted by Crippen LogP contribution is -2.51. The number of amides is 1. The molecule has 2 atom stereocenters. The molecule has 2 fully saturated rings. The second-order valence-electron chi connectivity index (χ2n) is 8.97. The Bertz CT molecular complexity index is 660. The summed E-state index contributed by atoms with van der Waals surface area (Å²) in [5.41, 5.74) is 0.727. The molecular formula is C23H38N4O2. The zero-order valence-corrected chi connectivity index (χ0v) is 18.4. The van der Waals surface area contributed by atoms with E-state index in [9.17, 15) is 9.90 Å². The first kappa shape index (κ1) is 22.0. The average molecular weight is 403 g/mol. The van der Waals surface area contributed by atoms with E-state index in [0.29, 0.717) is 18.0 Å². The second kappa shape index (κ2) is 10.4. The summed E-state index contributed by atoms with van der Waals surface area (Å²) < 4.78 is 0. The average Bonchev–Trinajstić information content (AvgIpc) is 2.77. The summed E-state index contributed by atoms with van der Waals surface area (Å²) in [6.07, 6.45) is 10.7. The number of aliphatic hydroxyl groups excluding tert-OH is 1. The minimum Gasteiger partial charge on any atom is -0.396 e. The van der Waals surface area contributed by atoms with Gasteiger partial charge < -0.3 is 19.8 Å². The highest BCUT2D eigenvalue weighted by atomic mass is 16.3. The van der Waals surface area contributed by atoms with Crippen molar-refractivity contribution in [1.82, 2.24) is 14.8 Å². The lowest BCUT2D eigenvalue weighted by molar-refractivity contribution is 0.0496. The highest BCUT2D eigenvalue weighted by Gasteiger charge is 2.34. The van der Waals surface area contributed by atoms with Gasteiger partial charge in [0.2, 0.25) is 0 Å². The first-order valence-corrected chi connectivity index (χ1v) is 11.3. The molecule has 0 spiro atoms. The van der Waals surface area contributed by atoms with Crippen LogP contribution in [0.4, 0.5) is 5.82 Å². The first-order valence-electron chi connectivity index (χ1n) is 11.3. The molecule has 0 bridgehead atoms. The van der Waals surface area contributed by atoms with Gasteiger partial charge in [-0.2, -0.15) is 0 Å². The number of anilines is 1. The molecule has 0 radical (unpaired) electrons. The highest BCUT2D eigenvalue weighted by Crippen LogP contribution is 2.30. The minimum absolute atomic E-state index is 0.0990. The number of aromatic nitrogens is 1. The van der Waals surface area contributed by atoms with Crippen molar-refractivity contribution in [3.8, 4) is 0 Å². The molecule has 2 aliphatic rings. The van der Waals surface area contributed by atoms with Crippen LogP contribution in [0.15, 0.2) is 18.3 Å². The number of carbonyl (C=O) groups excluding carboxylic acids is 1. The van der Waals surface area contributed by atoms with Gasteiger partial charge in [0.1, 0.15) is 5.82 Å².